The molecule has 1 aromatic heterocycles. The lowest BCUT2D eigenvalue weighted by Gasteiger charge is -2.69. The molecule has 45 heavy (non-hydrogen) atoms. The van der Waals surface area contributed by atoms with Gasteiger partial charge in [-0.15, -0.1) is 0 Å². The summed E-state index contributed by atoms with van der Waals surface area (Å²) in [6.07, 6.45) is 3.01. The van der Waals surface area contributed by atoms with E-state index in [2.05, 4.69) is 20.9 Å². The highest BCUT2D eigenvalue weighted by molar-refractivity contribution is 6.31. The van der Waals surface area contributed by atoms with E-state index >= 15 is 4.39 Å². The quantitative estimate of drug-likeness (QED) is 0.257. The number of aryl methyl sites for hydroxylation is 1. The van der Waals surface area contributed by atoms with Gasteiger partial charge < -0.3 is 15.0 Å². The molecule has 4 fully saturated rings. The predicted molar refractivity (Wildman–Crippen MR) is 165 cm³/mol. The number of imidazole rings is 1. The van der Waals surface area contributed by atoms with Crippen molar-refractivity contribution < 1.29 is 19.1 Å². The first-order valence-electron chi connectivity index (χ1n) is 15.1. The fourth-order valence-corrected chi connectivity index (χ4v) is 10.1. The molecule has 3 aromatic carbocycles. The van der Waals surface area contributed by atoms with E-state index in [0.717, 1.165) is 30.3 Å². The molecule has 0 unspecified atom stereocenters. The van der Waals surface area contributed by atoms with E-state index in [-0.39, 0.29) is 33.4 Å². The van der Waals surface area contributed by atoms with E-state index < -0.39 is 29.2 Å². The lowest BCUT2D eigenvalue weighted by Crippen LogP contribution is -2.67. The van der Waals surface area contributed by atoms with Crippen LogP contribution in [0.15, 0.2) is 54.6 Å². The highest BCUT2D eigenvalue weighted by atomic mass is 35.5. The van der Waals surface area contributed by atoms with Gasteiger partial charge in [0.1, 0.15) is 17.2 Å². The number of carboxylic acid groups (broad SMARTS) is 1. The van der Waals surface area contributed by atoms with Crippen LogP contribution in [0.2, 0.25) is 10.0 Å². The Morgan fingerprint density at radius 1 is 1.16 bits per heavy atom. The van der Waals surface area contributed by atoms with Crippen molar-refractivity contribution >= 4 is 51.8 Å². The monoisotopic (exact) mass is 641 g/mol. The van der Waals surface area contributed by atoms with Crippen molar-refractivity contribution in [2.24, 2.45) is 10.8 Å². The van der Waals surface area contributed by atoms with Crippen LogP contribution in [0.4, 0.5) is 10.1 Å². The van der Waals surface area contributed by atoms with Gasteiger partial charge in [-0.25, -0.2) is 14.2 Å². The van der Waals surface area contributed by atoms with Crippen LogP contribution >= 0.6 is 23.2 Å². The van der Waals surface area contributed by atoms with E-state index in [1.165, 1.54) is 6.07 Å². The number of aromatic nitrogens is 2. The number of nitriles is 1. The van der Waals surface area contributed by atoms with E-state index in [9.17, 15) is 20.0 Å². The summed E-state index contributed by atoms with van der Waals surface area (Å²) < 4.78 is 18.4. The van der Waals surface area contributed by atoms with Gasteiger partial charge in [0.05, 0.1) is 33.1 Å². The van der Waals surface area contributed by atoms with Gasteiger partial charge in [-0.2, -0.15) is 5.26 Å². The van der Waals surface area contributed by atoms with Gasteiger partial charge in [0.2, 0.25) is 5.91 Å². The van der Waals surface area contributed by atoms with E-state index in [1.807, 2.05) is 6.07 Å². The number of carbonyl (C=O) groups is 2. The summed E-state index contributed by atoms with van der Waals surface area (Å²) in [5.41, 5.74) is 1.43. The fraction of sp³-hybridized carbons (Fsp3) is 0.353. The third kappa shape index (κ3) is 3.37. The number of benzene rings is 3. The number of nitrogens with zero attached hydrogens (tertiary/aromatic N) is 4. The van der Waals surface area contributed by atoms with Crippen LogP contribution in [0.3, 0.4) is 0 Å². The molecule has 3 aliphatic heterocycles. The molecule has 6 aliphatic rings. The third-order valence-corrected chi connectivity index (χ3v) is 11.8. The number of carboxylic acids is 1. The van der Waals surface area contributed by atoms with Crippen LogP contribution in [0.1, 0.15) is 64.8 Å². The average molecular weight is 643 g/mol. The number of rotatable bonds is 4. The number of hydrogen-bond acceptors (Lipinski definition) is 5. The highest BCUT2D eigenvalue weighted by Gasteiger charge is 2.74. The summed E-state index contributed by atoms with van der Waals surface area (Å²) in [6, 6.07) is 17.5. The largest absolute Gasteiger partial charge is 0.478 e. The Kier molecular flexibility index (Phi) is 5.38. The van der Waals surface area contributed by atoms with E-state index in [1.54, 1.807) is 42.5 Å². The number of carbonyl (C=O) groups excluding carboxylic acids is 1. The molecule has 1 spiro atoms. The lowest BCUT2D eigenvalue weighted by molar-refractivity contribution is -0.188. The number of fused-ring (bicyclic) bond motifs is 7. The Morgan fingerprint density at radius 2 is 1.96 bits per heavy atom. The SMILES string of the molecule is N#CC12CC(CN3[C@H]4CCn5c(nc6cc(C(=O)O)ccc65)[C@H]4[C@H](c4cccc(Cl)c4F)[C@]34C(=O)Nc3cc(Cl)ccc34)(C1)C2. The Labute approximate surface area is 267 Å². The molecule has 4 aromatic rings. The van der Waals surface area contributed by atoms with Gasteiger partial charge >= 0.3 is 5.97 Å². The summed E-state index contributed by atoms with van der Waals surface area (Å²) in [6.45, 7) is 1.18. The Bertz CT molecular complexity index is 2050. The minimum absolute atomic E-state index is 0.0295. The molecule has 4 atom stereocenters. The maximum absolute atomic E-state index is 16.4. The molecule has 11 heteroatoms. The summed E-state index contributed by atoms with van der Waals surface area (Å²) >= 11 is 12.8. The van der Waals surface area contributed by atoms with Crippen molar-refractivity contribution in [1.29, 1.82) is 5.26 Å². The molecule has 4 heterocycles. The second-order valence-electron chi connectivity index (χ2n) is 13.6. The number of aromatic carboxylic acids is 1. The van der Waals surface area contributed by atoms with Crippen molar-refractivity contribution in [3.63, 3.8) is 0 Å². The number of nitrogens with one attached hydrogen (secondary N) is 1. The topological polar surface area (TPSA) is 111 Å². The average Bonchev–Trinajstić information content (AvgIpc) is 3.58. The maximum Gasteiger partial charge on any atom is 0.335 e. The summed E-state index contributed by atoms with van der Waals surface area (Å²) in [5.74, 6) is -2.34. The second-order valence-corrected chi connectivity index (χ2v) is 14.4. The zero-order valence-electron chi connectivity index (χ0n) is 23.9. The molecule has 10 rings (SSSR count). The second kappa shape index (κ2) is 8.85. The molecule has 1 saturated heterocycles. The van der Waals surface area contributed by atoms with Crippen LogP contribution in [-0.4, -0.2) is 44.0 Å². The molecule has 0 radical (unpaired) electrons. The van der Waals surface area contributed by atoms with Crippen molar-refractivity contribution in [3.05, 3.63) is 93.0 Å². The van der Waals surface area contributed by atoms with Crippen molar-refractivity contribution in [2.75, 3.05) is 11.9 Å². The summed E-state index contributed by atoms with van der Waals surface area (Å²) in [4.78, 5) is 33.9. The van der Waals surface area contributed by atoms with Gasteiger partial charge in [0, 0.05) is 47.2 Å². The first kappa shape index (κ1) is 27.3. The number of likely N-dealkylation sites (tertiary alicyclic amines) is 1. The molecule has 226 valence electrons. The lowest BCUT2D eigenvalue weighted by atomic mass is 9.35. The smallest absolute Gasteiger partial charge is 0.335 e. The van der Waals surface area contributed by atoms with Crippen LogP contribution in [-0.2, 0) is 16.9 Å². The number of amides is 1. The third-order valence-electron chi connectivity index (χ3n) is 11.2. The van der Waals surface area contributed by atoms with Crippen molar-refractivity contribution in [3.8, 4) is 6.07 Å². The highest BCUT2D eigenvalue weighted by Crippen LogP contribution is 2.75. The van der Waals surface area contributed by atoms with E-state index in [0.29, 0.717) is 47.1 Å². The van der Waals surface area contributed by atoms with Gasteiger partial charge in [-0.05, 0) is 73.1 Å². The first-order chi connectivity index (χ1) is 21.6. The molecule has 3 aliphatic carbocycles. The Morgan fingerprint density at radius 3 is 2.71 bits per heavy atom. The van der Waals surface area contributed by atoms with Crippen LogP contribution in [0.25, 0.3) is 11.0 Å². The molecular formula is C34H26Cl2FN5O3. The summed E-state index contributed by atoms with van der Waals surface area (Å²) in [5, 5.41) is 23.0. The minimum Gasteiger partial charge on any atom is -0.478 e. The van der Waals surface area contributed by atoms with Crippen molar-refractivity contribution in [2.45, 2.75) is 55.6 Å². The summed E-state index contributed by atoms with van der Waals surface area (Å²) in [7, 11) is 0. The van der Waals surface area contributed by atoms with Gasteiger partial charge in [0.15, 0.2) is 0 Å². The number of halogens is 3. The van der Waals surface area contributed by atoms with Crippen LogP contribution in [0.5, 0.6) is 0 Å². The molecule has 2 N–H and O–H groups in total. The molecule has 8 nitrogen and oxygen atoms in total. The first-order valence-corrected chi connectivity index (χ1v) is 15.8. The normalized spacial score (nSPS) is 32.3. The van der Waals surface area contributed by atoms with Gasteiger partial charge in [-0.3, -0.25) is 9.69 Å². The van der Waals surface area contributed by atoms with Gasteiger partial charge in [-0.1, -0.05) is 41.4 Å². The standard InChI is InChI=1S/C34H26Cl2FN5O3/c35-18-5-6-20-22(11-18)40-31(45)34(20)27(19-2-1-3-21(36)28(19)37)26-25(42(34)16-33-12-32(13-33,14-33)15-38)8-9-41-24-7-4-17(30(43)44)10-23(24)39-29(26)41/h1-7,10-11,25-27H,8-9,12-14,16H2,(H,40,45)(H,43,44)/t25-,26+,27-,32?,33?,34+/m0/s1. The Balaban J connectivity index is 1.32. The van der Waals surface area contributed by atoms with E-state index in [4.69, 9.17) is 28.2 Å². The molecule has 3 saturated carbocycles. The fourth-order valence-electron chi connectivity index (χ4n) is 9.76. The maximum atomic E-state index is 16.4. The molecule has 1 amide bonds. The van der Waals surface area contributed by atoms with Crippen LogP contribution < -0.4 is 5.32 Å². The molecule has 2 bridgehead atoms. The minimum atomic E-state index is -1.31. The van der Waals surface area contributed by atoms with Crippen LogP contribution in [0, 0.1) is 28.0 Å². The molecular weight excluding hydrogens is 616 g/mol. The van der Waals surface area contributed by atoms with Gasteiger partial charge in [0.25, 0.3) is 0 Å². The number of hydrogen-bond donors (Lipinski definition) is 2. The Hall–Kier alpha value is -3.97. The zero-order valence-corrected chi connectivity index (χ0v) is 25.4. The number of anilines is 1. The van der Waals surface area contributed by atoms with Crippen molar-refractivity contribution in [1.82, 2.24) is 14.5 Å². The zero-order chi connectivity index (χ0) is 31.0. The predicted octanol–water partition coefficient (Wildman–Crippen LogP) is 6.68.